The van der Waals surface area contributed by atoms with E-state index in [0.717, 1.165) is 43.5 Å². The van der Waals surface area contributed by atoms with Gasteiger partial charge in [-0.15, -0.1) is 0 Å². The minimum atomic E-state index is -0.408. The van der Waals surface area contributed by atoms with Crippen LogP contribution in [0.3, 0.4) is 0 Å². The van der Waals surface area contributed by atoms with E-state index >= 15 is 0 Å². The van der Waals surface area contributed by atoms with Gasteiger partial charge < -0.3 is 5.32 Å². The molecule has 4 nitrogen and oxygen atoms in total. The van der Waals surface area contributed by atoms with Gasteiger partial charge in [-0.1, -0.05) is 31.4 Å². The second-order valence-corrected chi connectivity index (χ2v) is 6.25. The lowest BCUT2D eigenvalue weighted by molar-refractivity contribution is -0.127. The number of carbonyl (C=O) groups is 2. The van der Waals surface area contributed by atoms with Crippen LogP contribution in [0.15, 0.2) is 24.3 Å². The average Bonchev–Trinajstić information content (AvgIpc) is 2.71. The summed E-state index contributed by atoms with van der Waals surface area (Å²) in [7, 11) is 1.88. The van der Waals surface area contributed by atoms with Crippen LogP contribution >= 0.6 is 0 Å². The maximum atomic E-state index is 12.9. The summed E-state index contributed by atoms with van der Waals surface area (Å²) < 4.78 is 0. The van der Waals surface area contributed by atoms with E-state index in [1.54, 1.807) is 0 Å². The summed E-state index contributed by atoms with van der Waals surface area (Å²) in [5.74, 6) is -0.0164. The SMILES string of the molecule is CNCc1cccc(N2C(=O)CC3(CCCCC3)C2=O)c1. The topological polar surface area (TPSA) is 49.4 Å². The van der Waals surface area contributed by atoms with Gasteiger partial charge in [0.2, 0.25) is 11.8 Å². The minimum Gasteiger partial charge on any atom is -0.316 e. The monoisotopic (exact) mass is 286 g/mol. The molecular formula is C17H22N2O2. The van der Waals surface area contributed by atoms with Crippen LogP contribution in [-0.4, -0.2) is 18.9 Å². The number of anilines is 1. The summed E-state index contributed by atoms with van der Waals surface area (Å²) in [4.78, 5) is 26.7. The predicted octanol–water partition coefficient (Wildman–Crippen LogP) is 2.62. The smallest absolute Gasteiger partial charge is 0.240 e. The van der Waals surface area contributed by atoms with Crippen molar-refractivity contribution in [2.24, 2.45) is 5.41 Å². The number of hydrogen-bond donors (Lipinski definition) is 1. The number of benzene rings is 1. The summed E-state index contributed by atoms with van der Waals surface area (Å²) in [6.07, 6.45) is 5.43. The molecule has 1 aromatic carbocycles. The average molecular weight is 286 g/mol. The minimum absolute atomic E-state index is 0.0220. The lowest BCUT2D eigenvalue weighted by Crippen LogP contribution is -2.37. The maximum absolute atomic E-state index is 12.9. The number of nitrogens with one attached hydrogen (secondary N) is 1. The van der Waals surface area contributed by atoms with Gasteiger partial charge in [-0.25, -0.2) is 0 Å². The first-order chi connectivity index (χ1) is 10.2. The van der Waals surface area contributed by atoms with E-state index in [0.29, 0.717) is 6.42 Å². The van der Waals surface area contributed by atoms with Crippen LogP contribution in [-0.2, 0) is 16.1 Å². The molecule has 1 heterocycles. The van der Waals surface area contributed by atoms with Crippen molar-refractivity contribution in [2.45, 2.75) is 45.1 Å². The zero-order valence-electron chi connectivity index (χ0n) is 12.5. The Labute approximate surface area is 125 Å². The molecule has 1 spiro atoms. The highest BCUT2D eigenvalue weighted by atomic mass is 16.2. The molecule has 1 aliphatic carbocycles. The maximum Gasteiger partial charge on any atom is 0.240 e. The summed E-state index contributed by atoms with van der Waals surface area (Å²) in [5, 5.41) is 3.09. The van der Waals surface area contributed by atoms with Crippen molar-refractivity contribution >= 4 is 17.5 Å². The van der Waals surface area contributed by atoms with Gasteiger partial charge in [0.05, 0.1) is 11.1 Å². The molecule has 4 heteroatoms. The van der Waals surface area contributed by atoms with Crippen LogP contribution < -0.4 is 10.2 Å². The third-order valence-corrected chi connectivity index (χ3v) is 4.76. The highest BCUT2D eigenvalue weighted by Crippen LogP contribution is 2.46. The summed E-state index contributed by atoms with van der Waals surface area (Å²) in [6.45, 7) is 0.731. The molecule has 3 rings (SSSR count). The van der Waals surface area contributed by atoms with Crippen LogP contribution in [0, 0.1) is 5.41 Å². The standard InChI is InChI=1S/C17H22N2O2/c1-18-12-13-6-5-7-14(10-13)19-15(20)11-17(16(19)21)8-3-2-4-9-17/h5-7,10,18H,2-4,8-9,11-12H2,1H3. The van der Waals surface area contributed by atoms with Gasteiger partial charge in [0.1, 0.15) is 0 Å². The molecule has 0 radical (unpaired) electrons. The van der Waals surface area contributed by atoms with Crippen LogP contribution in [0.5, 0.6) is 0 Å². The van der Waals surface area contributed by atoms with Crippen molar-refractivity contribution < 1.29 is 9.59 Å². The van der Waals surface area contributed by atoms with Crippen molar-refractivity contribution in [3.05, 3.63) is 29.8 Å². The third kappa shape index (κ3) is 2.48. The predicted molar refractivity (Wildman–Crippen MR) is 81.8 cm³/mol. The molecule has 1 aliphatic heterocycles. The first kappa shape index (κ1) is 14.3. The molecule has 1 saturated carbocycles. The van der Waals surface area contributed by atoms with Crippen LogP contribution in [0.4, 0.5) is 5.69 Å². The van der Waals surface area contributed by atoms with E-state index in [1.165, 1.54) is 11.3 Å². The van der Waals surface area contributed by atoms with Gasteiger partial charge in [0.15, 0.2) is 0 Å². The van der Waals surface area contributed by atoms with Gasteiger partial charge in [-0.3, -0.25) is 14.5 Å². The molecule has 0 aromatic heterocycles. The van der Waals surface area contributed by atoms with E-state index in [2.05, 4.69) is 5.32 Å². The fourth-order valence-electron chi connectivity index (χ4n) is 3.68. The largest absolute Gasteiger partial charge is 0.316 e. The van der Waals surface area contributed by atoms with Gasteiger partial charge in [0.25, 0.3) is 0 Å². The van der Waals surface area contributed by atoms with E-state index < -0.39 is 5.41 Å². The zero-order chi connectivity index (χ0) is 14.9. The van der Waals surface area contributed by atoms with Gasteiger partial charge >= 0.3 is 0 Å². The van der Waals surface area contributed by atoms with Crippen molar-refractivity contribution in [3.63, 3.8) is 0 Å². The van der Waals surface area contributed by atoms with Gasteiger partial charge in [-0.2, -0.15) is 0 Å². The molecule has 2 fully saturated rings. The zero-order valence-corrected chi connectivity index (χ0v) is 12.5. The lowest BCUT2D eigenvalue weighted by atomic mass is 9.73. The van der Waals surface area contributed by atoms with Crippen LogP contribution in [0.25, 0.3) is 0 Å². The molecule has 1 N–H and O–H groups in total. The Balaban J connectivity index is 1.90. The van der Waals surface area contributed by atoms with Crippen molar-refractivity contribution in [1.29, 1.82) is 0 Å². The number of rotatable bonds is 3. The first-order valence-electron chi connectivity index (χ1n) is 7.77. The van der Waals surface area contributed by atoms with Crippen molar-refractivity contribution in [1.82, 2.24) is 5.32 Å². The molecule has 1 saturated heterocycles. The van der Waals surface area contributed by atoms with Crippen LogP contribution in [0.1, 0.15) is 44.1 Å². The van der Waals surface area contributed by atoms with Crippen molar-refractivity contribution in [2.75, 3.05) is 11.9 Å². The Morgan fingerprint density at radius 2 is 1.95 bits per heavy atom. The molecule has 21 heavy (non-hydrogen) atoms. The Kier molecular flexibility index (Phi) is 3.81. The van der Waals surface area contributed by atoms with E-state index in [1.807, 2.05) is 31.3 Å². The third-order valence-electron chi connectivity index (χ3n) is 4.76. The molecule has 2 aliphatic rings. The normalized spacial score (nSPS) is 21.3. The molecule has 0 unspecified atom stereocenters. The fourth-order valence-corrected chi connectivity index (χ4v) is 3.68. The highest BCUT2D eigenvalue weighted by Gasteiger charge is 2.51. The number of carbonyl (C=O) groups excluding carboxylic acids is 2. The highest BCUT2D eigenvalue weighted by molar-refractivity contribution is 6.22. The molecule has 2 amide bonds. The first-order valence-corrected chi connectivity index (χ1v) is 7.77. The molecular weight excluding hydrogens is 264 g/mol. The molecule has 112 valence electrons. The van der Waals surface area contributed by atoms with Gasteiger partial charge in [-0.05, 0) is 37.6 Å². The Bertz CT molecular complexity index is 562. The molecule has 0 bridgehead atoms. The van der Waals surface area contributed by atoms with E-state index in [4.69, 9.17) is 0 Å². The summed E-state index contributed by atoms with van der Waals surface area (Å²) in [6, 6.07) is 7.71. The number of hydrogen-bond acceptors (Lipinski definition) is 3. The number of nitrogens with zero attached hydrogens (tertiary/aromatic N) is 1. The Hall–Kier alpha value is -1.68. The fraction of sp³-hybridized carbons (Fsp3) is 0.529. The lowest BCUT2D eigenvalue weighted by Gasteiger charge is -2.30. The van der Waals surface area contributed by atoms with Crippen LogP contribution in [0.2, 0.25) is 0 Å². The molecule has 0 atom stereocenters. The quantitative estimate of drug-likeness (QED) is 0.869. The van der Waals surface area contributed by atoms with Gasteiger partial charge in [0, 0.05) is 13.0 Å². The second-order valence-electron chi connectivity index (χ2n) is 6.25. The number of amides is 2. The van der Waals surface area contributed by atoms with E-state index in [9.17, 15) is 9.59 Å². The van der Waals surface area contributed by atoms with E-state index in [-0.39, 0.29) is 11.8 Å². The molecule has 1 aromatic rings. The summed E-state index contributed by atoms with van der Waals surface area (Å²) >= 11 is 0. The Morgan fingerprint density at radius 1 is 1.19 bits per heavy atom. The summed E-state index contributed by atoms with van der Waals surface area (Å²) in [5.41, 5.74) is 1.40. The Morgan fingerprint density at radius 3 is 2.67 bits per heavy atom. The van der Waals surface area contributed by atoms with Crippen molar-refractivity contribution in [3.8, 4) is 0 Å². The number of imide groups is 1. The second kappa shape index (κ2) is 5.60.